The first-order valence-corrected chi connectivity index (χ1v) is 10.6. The van der Waals surface area contributed by atoms with Crippen molar-refractivity contribution in [1.82, 2.24) is 14.5 Å². The summed E-state index contributed by atoms with van der Waals surface area (Å²) in [6.07, 6.45) is 5.94. The molecule has 0 spiro atoms. The molecule has 164 valence electrons. The van der Waals surface area contributed by atoms with E-state index in [9.17, 15) is 9.90 Å². The summed E-state index contributed by atoms with van der Waals surface area (Å²) >= 11 is 12.7. The van der Waals surface area contributed by atoms with Gasteiger partial charge in [-0.3, -0.25) is 0 Å². The molecular formula is C23H20Cl2N4O3. The van der Waals surface area contributed by atoms with Crippen molar-refractivity contribution in [2.24, 2.45) is 0 Å². The lowest BCUT2D eigenvalue weighted by molar-refractivity contribution is 0.0692. The molecule has 0 unspecified atom stereocenters. The number of carboxylic acids is 1. The van der Waals surface area contributed by atoms with E-state index in [2.05, 4.69) is 4.98 Å². The maximum absolute atomic E-state index is 11.3. The number of hydrogen-bond donors (Lipinski definition) is 1. The van der Waals surface area contributed by atoms with Crippen molar-refractivity contribution in [2.75, 3.05) is 25.1 Å². The SMILES string of the molecule is CN(CCCOc1ccccc1C(=O)O)c1cc(-n2ccnc2)c2ccc(Cl)c(Cl)c2n1. The van der Waals surface area contributed by atoms with Crippen LogP contribution in [0.4, 0.5) is 5.82 Å². The van der Waals surface area contributed by atoms with E-state index < -0.39 is 5.97 Å². The fourth-order valence-electron chi connectivity index (χ4n) is 3.38. The summed E-state index contributed by atoms with van der Waals surface area (Å²) in [6.45, 7) is 0.998. The van der Waals surface area contributed by atoms with E-state index >= 15 is 0 Å². The third-order valence-corrected chi connectivity index (χ3v) is 5.82. The quantitative estimate of drug-likeness (QED) is 0.350. The summed E-state index contributed by atoms with van der Waals surface area (Å²) < 4.78 is 7.59. The van der Waals surface area contributed by atoms with E-state index in [0.29, 0.717) is 40.9 Å². The van der Waals surface area contributed by atoms with Crippen LogP contribution in [0.5, 0.6) is 5.75 Å². The number of carboxylic acid groups (broad SMARTS) is 1. The molecule has 0 saturated carbocycles. The van der Waals surface area contributed by atoms with E-state index in [1.54, 1.807) is 36.8 Å². The minimum atomic E-state index is -1.01. The molecule has 32 heavy (non-hydrogen) atoms. The Morgan fingerprint density at radius 1 is 1.22 bits per heavy atom. The number of ether oxygens (including phenoxy) is 1. The number of benzene rings is 2. The number of hydrogen-bond acceptors (Lipinski definition) is 5. The van der Waals surface area contributed by atoms with Crippen LogP contribution in [0, 0.1) is 0 Å². The number of para-hydroxylation sites is 1. The highest BCUT2D eigenvalue weighted by atomic mass is 35.5. The van der Waals surface area contributed by atoms with Gasteiger partial charge in [-0.25, -0.2) is 14.8 Å². The summed E-state index contributed by atoms with van der Waals surface area (Å²) in [7, 11) is 1.93. The molecule has 0 aliphatic heterocycles. The van der Waals surface area contributed by atoms with Gasteiger partial charge in [-0.05, 0) is 30.7 Å². The van der Waals surface area contributed by atoms with Gasteiger partial charge in [0.1, 0.15) is 17.1 Å². The van der Waals surface area contributed by atoms with Gasteiger partial charge in [0.05, 0.1) is 34.2 Å². The fraction of sp³-hybridized carbons (Fsp3) is 0.174. The van der Waals surface area contributed by atoms with Crippen molar-refractivity contribution in [3.05, 3.63) is 76.8 Å². The number of halogens is 2. The number of carbonyl (C=O) groups is 1. The van der Waals surface area contributed by atoms with Crippen LogP contribution in [0.25, 0.3) is 16.6 Å². The predicted molar refractivity (Wildman–Crippen MR) is 126 cm³/mol. The third-order valence-electron chi connectivity index (χ3n) is 5.02. The number of aromatic nitrogens is 3. The number of fused-ring (bicyclic) bond motifs is 1. The number of pyridine rings is 1. The smallest absolute Gasteiger partial charge is 0.339 e. The van der Waals surface area contributed by atoms with Crippen LogP contribution in [-0.2, 0) is 0 Å². The number of imidazole rings is 1. The monoisotopic (exact) mass is 470 g/mol. The average molecular weight is 471 g/mol. The molecule has 2 heterocycles. The number of anilines is 1. The second-order valence-corrected chi connectivity index (χ2v) is 7.94. The van der Waals surface area contributed by atoms with Crippen molar-refractivity contribution in [1.29, 1.82) is 0 Å². The number of rotatable bonds is 8. The molecule has 0 aliphatic carbocycles. The van der Waals surface area contributed by atoms with E-state index in [0.717, 1.165) is 16.9 Å². The van der Waals surface area contributed by atoms with Crippen LogP contribution in [0.3, 0.4) is 0 Å². The van der Waals surface area contributed by atoms with Crippen LogP contribution in [0.2, 0.25) is 10.0 Å². The molecule has 4 aromatic rings. The van der Waals surface area contributed by atoms with Gasteiger partial charge in [0.15, 0.2) is 0 Å². The highest BCUT2D eigenvalue weighted by Crippen LogP contribution is 2.34. The lowest BCUT2D eigenvalue weighted by atomic mass is 10.1. The van der Waals surface area contributed by atoms with Crippen LogP contribution in [-0.4, -0.2) is 45.8 Å². The van der Waals surface area contributed by atoms with Gasteiger partial charge in [0.2, 0.25) is 0 Å². The molecule has 2 aromatic carbocycles. The van der Waals surface area contributed by atoms with Crippen molar-refractivity contribution >= 4 is 45.9 Å². The zero-order valence-electron chi connectivity index (χ0n) is 17.2. The first kappa shape index (κ1) is 21.9. The van der Waals surface area contributed by atoms with Gasteiger partial charge in [0, 0.05) is 37.4 Å². The number of aromatic carboxylic acids is 1. The van der Waals surface area contributed by atoms with E-state index in [1.165, 1.54) is 6.07 Å². The third kappa shape index (κ3) is 4.49. The summed E-state index contributed by atoms with van der Waals surface area (Å²) in [5, 5.41) is 11.0. The van der Waals surface area contributed by atoms with Crippen LogP contribution < -0.4 is 9.64 Å². The van der Waals surface area contributed by atoms with E-state index in [4.69, 9.17) is 32.9 Å². The topological polar surface area (TPSA) is 80.5 Å². The molecule has 0 aliphatic rings. The first-order chi connectivity index (χ1) is 15.5. The highest BCUT2D eigenvalue weighted by molar-refractivity contribution is 6.45. The molecule has 7 nitrogen and oxygen atoms in total. The van der Waals surface area contributed by atoms with Gasteiger partial charge in [-0.2, -0.15) is 0 Å². The van der Waals surface area contributed by atoms with Crippen molar-refractivity contribution in [2.45, 2.75) is 6.42 Å². The van der Waals surface area contributed by atoms with Gasteiger partial charge in [-0.1, -0.05) is 35.3 Å². The molecule has 0 fully saturated rings. The van der Waals surface area contributed by atoms with E-state index in [-0.39, 0.29) is 5.56 Å². The zero-order chi connectivity index (χ0) is 22.7. The Bertz CT molecular complexity index is 1260. The van der Waals surface area contributed by atoms with Crippen molar-refractivity contribution in [3.63, 3.8) is 0 Å². The molecule has 0 amide bonds. The maximum atomic E-state index is 11.3. The second kappa shape index (κ2) is 9.46. The molecule has 0 bridgehead atoms. The molecule has 9 heteroatoms. The fourth-order valence-corrected chi connectivity index (χ4v) is 3.74. The molecular weight excluding hydrogens is 451 g/mol. The molecule has 0 saturated heterocycles. The second-order valence-electron chi connectivity index (χ2n) is 7.15. The van der Waals surface area contributed by atoms with Gasteiger partial charge >= 0.3 is 5.97 Å². The number of nitrogens with zero attached hydrogens (tertiary/aromatic N) is 4. The lowest BCUT2D eigenvalue weighted by Gasteiger charge is -2.21. The minimum Gasteiger partial charge on any atom is -0.493 e. The Morgan fingerprint density at radius 3 is 2.78 bits per heavy atom. The van der Waals surface area contributed by atoms with Gasteiger partial charge in [-0.15, -0.1) is 0 Å². The first-order valence-electron chi connectivity index (χ1n) is 9.89. The Hall–Kier alpha value is -3.29. The summed E-state index contributed by atoms with van der Waals surface area (Å²) in [4.78, 5) is 22.2. The minimum absolute atomic E-state index is 0.147. The van der Waals surface area contributed by atoms with Gasteiger partial charge in [0.25, 0.3) is 0 Å². The molecule has 4 rings (SSSR count). The standard InChI is InChI=1S/C23H20Cl2N4O3/c1-28(10-4-12-32-19-6-3-2-5-16(19)23(30)31)20-13-18(29-11-9-26-14-29)15-7-8-17(24)21(25)22(15)27-20/h2-3,5-9,11,13-14H,4,10,12H2,1H3,(H,30,31). The molecule has 0 radical (unpaired) electrons. The Kier molecular flexibility index (Phi) is 6.48. The Balaban J connectivity index is 1.53. The lowest BCUT2D eigenvalue weighted by Crippen LogP contribution is -2.22. The largest absolute Gasteiger partial charge is 0.493 e. The van der Waals surface area contributed by atoms with E-state index in [1.807, 2.05) is 34.8 Å². The van der Waals surface area contributed by atoms with Crippen LogP contribution in [0.15, 0.2) is 61.2 Å². The average Bonchev–Trinajstić information content (AvgIpc) is 3.33. The predicted octanol–water partition coefficient (Wildman–Crippen LogP) is 5.33. The van der Waals surface area contributed by atoms with Crippen LogP contribution >= 0.6 is 23.2 Å². The van der Waals surface area contributed by atoms with Crippen LogP contribution in [0.1, 0.15) is 16.8 Å². The van der Waals surface area contributed by atoms with Crippen molar-refractivity contribution < 1.29 is 14.6 Å². The molecule has 0 atom stereocenters. The summed E-state index contributed by atoms with van der Waals surface area (Å²) in [5.41, 5.74) is 1.65. The maximum Gasteiger partial charge on any atom is 0.339 e. The Labute approximate surface area is 194 Å². The summed E-state index contributed by atoms with van der Waals surface area (Å²) in [5.74, 6) is 0.0623. The normalized spacial score (nSPS) is 11.0. The molecule has 2 aromatic heterocycles. The molecule has 1 N–H and O–H groups in total. The highest BCUT2D eigenvalue weighted by Gasteiger charge is 2.15. The zero-order valence-corrected chi connectivity index (χ0v) is 18.7. The summed E-state index contributed by atoms with van der Waals surface area (Å²) in [6, 6.07) is 12.2. The van der Waals surface area contributed by atoms with Gasteiger partial charge < -0.3 is 19.3 Å². The van der Waals surface area contributed by atoms with Crippen molar-refractivity contribution in [3.8, 4) is 11.4 Å². The Morgan fingerprint density at radius 2 is 2.03 bits per heavy atom.